The van der Waals surface area contributed by atoms with Gasteiger partial charge in [0.2, 0.25) is 5.91 Å². The van der Waals surface area contributed by atoms with Crippen molar-refractivity contribution in [3.05, 3.63) is 81.1 Å². The van der Waals surface area contributed by atoms with Crippen molar-refractivity contribution in [2.24, 2.45) is 5.41 Å². The van der Waals surface area contributed by atoms with E-state index in [0.717, 1.165) is 6.07 Å². The minimum absolute atomic E-state index is 0.00665. The van der Waals surface area contributed by atoms with Crippen molar-refractivity contribution >= 4 is 45.8 Å². The molecule has 220 valence electrons. The summed E-state index contributed by atoms with van der Waals surface area (Å²) in [6.07, 6.45) is 0.157. The molecule has 0 bridgehead atoms. The fourth-order valence-corrected chi connectivity index (χ4v) is 6.11. The van der Waals surface area contributed by atoms with Crippen LogP contribution >= 0.6 is 11.3 Å². The lowest BCUT2D eigenvalue weighted by Gasteiger charge is -2.20. The molecule has 0 aliphatic carbocycles. The number of hydrogen-bond acceptors (Lipinski definition) is 8. The molecule has 0 radical (unpaired) electrons. The highest BCUT2D eigenvalue weighted by molar-refractivity contribution is 7.10. The van der Waals surface area contributed by atoms with Crippen LogP contribution in [-0.2, 0) is 28.0 Å². The van der Waals surface area contributed by atoms with Gasteiger partial charge < -0.3 is 16.2 Å². The van der Waals surface area contributed by atoms with Gasteiger partial charge in [-0.2, -0.15) is 5.10 Å². The first kappa shape index (κ1) is 28.3. The number of carboxylic acid groups (broad SMARTS) is 1. The Morgan fingerprint density at radius 2 is 1.93 bits per heavy atom. The normalized spacial score (nSPS) is 16.5. The first-order chi connectivity index (χ1) is 20.3. The Kier molecular flexibility index (Phi) is 6.49. The van der Waals surface area contributed by atoms with Gasteiger partial charge in [0.05, 0.1) is 28.7 Å². The van der Waals surface area contributed by atoms with Crippen LogP contribution in [0.3, 0.4) is 0 Å². The summed E-state index contributed by atoms with van der Waals surface area (Å²) in [6.45, 7) is 4.62. The number of amides is 1. The Balaban J connectivity index is 1.42. The maximum atomic E-state index is 14.5. The Morgan fingerprint density at radius 1 is 1.16 bits per heavy atom. The molecular weight excluding hydrogens is 583 g/mol. The molecule has 6 rings (SSSR count). The van der Waals surface area contributed by atoms with Crippen molar-refractivity contribution in [3.8, 4) is 11.5 Å². The van der Waals surface area contributed by atoms with Gasteiger partial charge in [-0.25, -0.2) is 28.1 Å². The summed E-state index contributed by atoms with van der Waals surface area (Å²) >= 11 is 1.20. The van der Waals surface area contributed by atoms with Crippen LogP contribution in [0.1, 0.15) is 42.6 Å². The maximum Gasteiger partial charge on any atom is 0.309 e. The number of rotatable bonds is 7. The Morgan fingerprint density at radius 3 is 2.67 bits per heavy atom. The number of benzene rings is 2. The Bertz CT molecular complexity index is 1970. The number of nitrogen functional groups attached to an aromatic ring is 1. The number of nitrogens with zero attached hydrogens (tertiary/aromatic N) is 5. The molecule has 14 heteroatoms. The first-order valence-corrected chi connectivity index (χ1v) is 13.9. The van der Waals surface area contributed by atoms with Gasteiger partial charge in [0.25, 0.3) is 0 Å². The number of fused-ring (bicyclic) bond motifs is 2. The Hall–Kier alpha value is -4.85. The second-order valence-electron chi connectivity index (χ2n) is 11.1. The molecule has 3 aromatic heterocycles. The number of carbonyl (C=O) groups is 2. The molecule has 1 aliphatic rings. The number of aromatic nitrogens is 5. The molecule has 0 saturated carbocycles. The molecule has 1 aliphatic heterocycles. The number of thiazole rings is 1. The highest BCUT2D eigenvalue weighted by Crippen LogP contribution is 2.46. The average Bonchev–Trinajstić information content (AvgIpc) is 3.61. The maximum absolute atomic E-state index is 14.5. The quantitative estimate of drug-likeness (QED) is 0.236. The van der Waals surface area contributed by atoms with Gasteiger partial charge >= 0.3 is 5.97 Å². The highest BCUT2D eigenvalue weighted by atomic mass is 32.1. The monoisotopic (exact) mass is 607 g/mol. The molecule has 2 aromatic carbocycles. The first-order valence-electron chi connectivity index (χ1n) is 13.1. The molecule has 43 heavy (non-hydrogen) atoms. The van der Waals surface area contributed by atoms with Crippen LogP contribution in [0.5, 0.6) is 0 Å². The van der Waals surface area contributed by atoms with E-state index in [4.69, 9.17) is 5.73 Å². The second kappa shape index (κ2) is 9.87. The molecule has 0 spiro atoms. The minimum atomic E-state index is -1.35. The van der Waals surface area contributed by atoms with E-state index in [1.54, 1.807) is 26.2 Å². The molecule has 4 heterocycles. The third kappa shape index (κ3) is 4.58. The molecule has 0 unspecified atom stereocenters. The lowest BCUT2D eigenvalue weighted by molar-refractivity contribution is -0.146. The highest BCUT2D eigenvalue weighted by Gasteiger charge is 2.50. The smallest absolute Gasteiger partial charge is 0.309 e. The van der Waals surface area contributed by atoms with Gasteiger partial charge in [-0.1, -0.05) is 12.1 Å². The van der Waals surface area contributed by atoms with Gasteiger partial charge in [-0.3, -0.25) is 14.3 Å². The van der Waals surface area contributed by atoms with Crippen molar-refractivity contribution in [2.75, 3.05) is 11.1 Å². The number of anilines is 2. The predicted octanol–water partition coefficient (Wildman–Crippen LogP) is 4.91. The van der Waals surface area contributed by atoms with Crippen LogP contribution < -0.4 is 11.1 Å². The van der Waals surface area contributed by atoms with E-state index >= 15 is 0 Å². The largest absolute Gasteiger partial charge is 0.481 e. The number of aliphatic carboxylic acids is 1. The summed E-state index contributed by atoms with van der Waals surface area (Å²) < 4.78 is 43.9. The zero-order valence-electron chi connectivity index (χ0n) is 23.1. The third-order valence-corrected chi connectivity index (χ3v) is 8.69. The second-order valence-corrected chi connectivity index (χ2v) is 12.0. The summed E-state index contributed by atoms with van der Waals surface area (Å²) in [4.78, 5) is 38.6. The van der Waals surface area contributed by atoms with Crippen LogP contribution in [-0.4, -0.2) is 41.7 Å². The third-order valence-electron chi connectivity index (χ3n) is 7.58. The molecular formula is C29H24F3N7O3S. The van der Waals surface area contributed by atoms with Crippen LogP contribution in [0.2, 0.25) is 0 Å². The van der Waals surface area contributed by atoms with E-state index in [0.29, 0.717) is 21.7 Å². The van der Waals surface area contributed by atoms with Crippen LogP contribution in [0, 0.1) is 22.9 Å². The molecule has 1 amide bonds. The summed E-state index contributed by atoms with van der Waals surface area (Å²) in [5.74, 6) is -3.90. The van der Waals surface area contributed by atoms with E-state index in [9.17, 15) is 27.9 Å². The number of halogens is 3. The zero-order chi connectivity index (χ0) is 30.8. The van der Waals surface area contributed by atoms with Crippen molar-refractivity contribution in [3.63, 3.8) is 0 Å². The number of carbonyl (C=O) groups excluding carboxylic acids is 1. The van der Waals surface area contributed by atoms with Gasteiger partial charge in [-0.15, -0.1) is 11.3 Å². The van der Waals surface area contributed by atoms with Crippen molar-refractivity contribution < 1.29 is 27.9 Å². The SMILES string of the molecule is CC(C)(Cc1csc([C@]2(C)C(=O)Nc3nc(-c4nn(Cc5cccc(F)c5F)c5cc(F)ccc45)nc(N)c32)n1)C(=O)O. The predicted molar refractivity (Wildman–Crippen MR) is 153 cm³/mol. The summed E-state index contributed by atoms with van der Waals surface area (Å²) in [5.41, 5.74) is 5.33. The Labute approximate surface area is 246 Å². The average molecular weight is 608 g/mol. The van der Waals surface area contributed by atoms with E-state index in [1.807, 2.05) is 0 Å². The van der Waals surface area contributed by atoms with Gasteiger partial charge in [-0.05, 0) is 45.0 Å². The van der Waals surface area contributed by atoms with Crippen molar-refractivity contribution in [1.29, 1.82) is 0 Å². The molecule has 4 N–H and O–H groups in total. The fraction of sp³-hybridized carbons (Fsp3) is 0.241. The van der Waals surface area contributed by atoms with Crippen LogP contribution in [0.4, 0.5) is 24.8 Å². The van der Waals surface area contributed by atoms with E-state index in [2.05, 4.69) is 25.4 Å². The molecule has 1 atom stereocenters. The van der Waals surface area contributed by atoms with Gasteiger partial charge in [0.1, 0.15) is 33.6 Å². The lowest BCUT2D eigenvalue weighted by atomic mass is 9.85. The topological polar surface area (TPSA) is 149 Å². The van der Waals surface area contributed by atoms with Gasteiger partial charge in [0.15, 0.2) is 17.5 Å². The lowest BCUT2D eigenvalue weighted by Crippen LogP contribution is -2.33. The van der Waals surface area contributed by atoms with Crippen molar-refractivity contribution in [1.82, 2.24) is 24.7 Å². The number of hydrogen-bond donors (Lipinski definition) is 3. The van der Waals surface area contributed by atoms with Crippen molar-refractivity contribution in [2.45, 2.75) is 39.2 Å². The molecule has 5 aromatic rings. The minimum Gasteiger partial charge on any atom is -0.481 e. The van der Waals surface area contributed by atoms with E-state index in [-0.39, 0.29) is 47.2 Å². The molecule has 10 nitrogen and oxygen atoms in total. The van der Waals surface area contributed by atoms with Crippen LogP contribution in [0.25, 0.3) is 22.4 Å². The van der Waals surface area contributed by atoms with Crippen LogP contribution in [0.15, 0.2) is 41.8 Å². The molecule has 0 saturated heterocycles. The summed E-state index contributed by atoms with van der Waals surface area (Å²) in [7, 11) is 0. The standard InChI is InChI=1S/C29H24F3N7O3S/c1-28(2,27(41)42)10-15-12-43-26(34-15)29(3)19-22(33)35-24(36-23(19)37-25(29)40)21-16-8-7-14(30)9-18(16)39(38-21)11-13-5-4-6-17(31)20(13)32/h4-9,12H,10-11H2,1-3H3,(H,41,42)(H3,33,35,36,37,40)/t29-/m0/s1. The zero-order valence-corrected chi connectivity index (χ0v) is 23.9. The number of nitrogens with two attached hydrogens (primary N) is 1. The van der Waals surface area contributed by atoms with E-state index < -0.39 is 40.2 Å². The number of nitrogens with one attached hydrogen (secondary N) is 1. The van der Waals surface area contributed by atoms with Gasteiger partial charge in [0, 0.05) is 22.8 Å². The molecule has 0 fully saturated rings. The summed E-state index contributed by atoms with van der Waals surface area (Å²) in [5, 5.41) is 19.3. The summed E-state index contributed by atoms with van der Waals surface area (Å²) in [6, 6.07) is 7.67. The van der Waals surface area contributed by atoms with E-state index in [1.165, 1.54) is 46.4 Å². The number of carboxylic acids is 1. The fourth-order valence-electron chi connectivity index (χ4n) is 5.13.